The number of carbonyl (C=O) groups is 1. The first kappa shape index (κ1) is 25.9. The highest BCUT2D eigenvalue weighted by Crippen LogP contribution is 2.28. The highest BCUT2D eigenvalue weighted by atomic mass is 32.2. The van der Waals surface area contributed by atoms with E-state index in [1.54, 1.807) is 55.5 Å². The van der Waals surface area contributed by atoms with Gasteiger partial charge in [-0.1, -0.05) is 63.2 Å². The Kier molecular flexibility index (Phi) is 7.06. The molecule has 1 heterocycles. The molecule has 0 aliphatic carbocycles. The summed E-state index contributed by atoms with van der Waals surface area (Å²) >= 11 is 0. The van der Waals surface area contributed by atoms with Gasteiger partial charge in [0.25, 0.3) is 5.91 Å². The van der Waals surface area contributed by atoms with Gasteiger partial charge in [0.2, 0.25) is 10.0 Å². The van der Waals surface area contributed by atoms with Crippen molar-refractivity contribution in [1.29, 1.82) is 5.26 Å². The third-order valence-corrected chi connectivity index (χ3v) is 7.76. The molecule has 7 heteroatoms. The van der Waals surface area contributed by atoms with Crippen LogP contribution in [0.25, 0.3) is 17.0 Å². The van der Waals surface area contributed by atoms with E-state index in [1.807, 2.05) is 30.3 Å². The highest BCUT2D eigenvalue weighted by molar-refractivity contribution is 7.89. The van der Waals surface area contributed by atoms with Gasteiger partial charge in [-0.15, -0.1) is 0 Å². The number of nitrogens with zero attached hydrogens (tertiary/aromatic N) is 2. The number of benzene rings is 3. The number of nitrogens with one attached hydrogen (secondary N) is 1. The van der Waals surface area contributed by atoms with E-state index in [2.05, 4.69) is 32.2 Å². The molecule has 4 rings (SSSR count). The number of rotatable bonds is 6. The van der Waals surface area contributed by atoms with Crippen molar-refractivity contribution in [3.8, 4) is 6.07 Å². The quantitative estimate of drug-likeness (QED) is 0.311. The fraction of sp³-hybridized carbons (Fsp3) is 0.200. The molecule has 1 amide bonds. The minimum absolute atomic E-state index is 0.00962. The summed E-state index contributed by atoms with van der Waals surface area (Å²) in [5.41, 5.74) is 4.31. The van der Waals surface area contributed by atoms with Crippen molar-refractivity contribution in [3.05, 3.63) is 107 Å². The molecule has 0 spiro atoms. The Morgan fingerprint density at radius 1 is 1.03 bits per heavy atom. The fourth-order valence-electron chi connectivity index (χ4n) is 4.08. The van der Waals surface area contributed by atoms with E-state index in [1.165, 1.54) is 10.2 Å². The van der Waals surface area contributed by atoms with Crippen LogP contribution in [-0.4, -0.2) is 18.3 Å². The van der Waals surface area contributed by atoms with E-state index < -0.39 is 10.0 Å². The number of carbonyl (C=O) groups excluding carboxylic acids is 1. The normalized spacial score (nSPS) is 12.4. The predicted molar refractivity (Wildman–Crippen MR) is 149 cm³/mol. The molecule has 0 unspecified atom stereocenters. The number of amides is 1. The largest absolute Gasteiger partial charge is 0.322 e. The lowest BCUT2D eigenvalue weighted by Crippen LogP contribution is -2.14. The molecule has 0 bridgehead atoms. The van der Waals surface area contributed by atoms with Gasteiger partial charge >= 0.3 is 0 Å². The summed E-state index contributed by atoms with van der Waals surface area (Å²) in [4.78, 5) is 12.9. The SMILES string of the molecule is C/C(=C\c1cn(S(=O)(=O)Cc2ccccc2)c2ccc(C#N)cc12)C(=O)Nc1ccc(C(C)(C)C)cc1. The highest BCUT2D eigenvalue weighted by Gasteiger charge is 2.20. The number of hydrogen-bond acceptors (Lipinski definition) is 4. The summed E-state index contributed by atoms with van der Waals surface area (Å²) in [5.74, 6) is -0.474. The zero-order chi connectivity index (χ0) is 26.8. The first-order valence-electron chi connectivity index (χ1n) is 11.9. The molecule has 1 aromatic heterocycles. The first-order chi connectivity index (χ1) is 17.5. The molecule has 0 aliphatic rings. The van der Waals surface area contributed by atoms with E-state index >= 15 is 0 Å². The second kappa shape index (κ2) is 10.1. The zero-order valence-corrected chi connectivity index (χ0v) is 22.1. The van der Waals surface area contributed by atoms with Crippen molar-refractivity contribution in [2.24, 2.45) is 0 Å². The minimum atomic E-state index is -3.76. The third-order valence-electron chi connectivity index (χ3n) is 6.16. The van der Waals surface area contributed by atoms with Gasteiger partial charge in [0, 0.05) is 28.4 Å². The van der Waals surface area contributed by atoms with Crippen molar-refractivity contribution in [1.82, 2.24) is 3.97 Å². The lowest BCUT2D eigenvalue weighted by atomic mass is 9.87. The van der Waals surface area contributed by atoms with Gasteiger partial charge in [-0.25, -0.2) is 12.4 Å². The maximum absolute atomic E-state index is 13.3. The Balaban J connectivity index is 1.68. The van der Waals surface area contributed by atoms with Crippen LogP contribution in [0.5, 0.6) is 0 Å². The Morgan fingerprint density at radius 2 is 1.70 bits per heavy atom. The van der Waals surface area contributed by atoms with Gasteiger partial charge in [0.15, 0.2) is 0 Å². The lowest BCUT2D eigenvalue weighted by Gasteiger charge is -2.19. The second-order valence-corrected chi connectivity index (χ2v) is 11.9. The molecule has 0 saturated heterocycles. The molecule has 0 saturated carbocycles. The van der Waals surface area contributed by atoms with Gasteiger partial charge in [0.1, 0.15) is 0 Å². The van der Waals surface area contributed by atoms with Crippen LogP contribution in [0, 0.1) is 11.3 Å². The number of fused-ring (bicyclic) bond motifs is 1. The summed E-state index contributed by atoms with van der Waals surface area (Å²) in [7, 11) is -3.76. The smallest absolute Gasteiger partial charge is 0.251 e. The number of anilines is 1. The second-order valence-electron chi connectivity index (χ2n) is 10.1. The van der Waals surface area contributed by atoms with Gasteiger partial charge in [-0.05, 0) is 59.9 Å². The zero-order valence-electron chi connectivity index (χ0n) is 21.3. The van der Waals surface area contributed by atoms with E-state index in [0.29, 0.717) is 38.9 Å². The van der Waals surface area contributed by atoms with Crippen LogP contribution in [0.1, 0.15) is 49.9 Å². The van der Waals surface area contributed by atoms with Crippen LogP contribution in [0.2, 0.25) is 0 Å². The Morgan fingerprint density at radius 3 is 2.32 bits per heavy atom. The summed E-state index contributed by atoms with van der Waals surface area (Å²) < 4.78 is 27.9. The fourth-order valence-corrected chi connectivity index (χ4v) is 5.56. The van der Waals surface area contributed by atoms with Crippen LogP contribution < -0.4 is 5.32 Å². The van der Waals surface area contributed by atoms with Crippen LogP contribution in [0.4, 0.5) is 5.69 Å². The summed E-state index contributed by atoms with van der Waals surface area (Å²) in [5, 5.41) is 12.9. The van der Waals surface area contributed by atoms with Crippen molar-refractivity contribution >= 4 is 38.6 Å². The lowest BCUT2D eigenvalue weighted by molar-refractivity contribution is -0.112. The molecular weight excluding hydrogens is 482 g/mol. The first-order valence-corrected chi connectivity index (χ1v) is 13.5. The Hall–Kier alpha value is -4.15. The van der Waals surface area contributed by atoms with Gasteiger partial charge in [0.05, 0.1) is 22.9 Å². The maximum Gasteiger partial charge on any atom is 0.251 e. The van der Waals surface area contributed by atoms with Crippen molar-refractivity contribution in [2.45, 2.75) is 38.9 Å². The molecule has 0 aliphatic heterocycles. The minimum Gasteiger partial charge on any atom is -0.322 e. The average molecular weight is 512 g/mol. The molecule has 0 atom stereocenters. The molecule has 0 radical (unpaired) electrons. The monoisotopic (exact) mass is 511 g/mol. The summed E-state index contributed by atoms with van der Waals surface area (Å²) in [6.45, 7) is 8.06. The van der Waals surface area contributed by atoms with Crippen molar-refractivity contribution in [2.75, 3.05) is 5.32 Å². The van der Waals surface area contributed by atoms with Crippen molar-refractivity contribution in [3.63, 3.8) is 0 Å². The maximum atomic E-state index is 13.3. The molecule has 1 N–H and O–H groups in total. The van der Waals surface area contributed by atoms with Gasteiger partial charge in [-0.3, -0.25) is 4.79 Å². The molecule has 4 aromatic rings. The van der Waals surface area contributed by atoms with Crippen LogP contribution >= 0.6 is 0 Å². The van der Waals surface area contributed by atoms with Gasteiger partial charge in [-0.2, -0.15) is 5.26 Å². The van der Waals surface area contributed by atoms with E-state index in [4.69, 9.17) is 0 Å². The third kappa shape index (κ3) is 5.82. The summed E-state index contributed by atoms with van der Waals surface area (Å²) in [6.07, 6.45) is 3.16. The topological polar surface area (TPSA) is 92.0 Å². The van der Waals surface area contributed by atoms with E-state index in [0.717, 1.165) is 5.56 Å². The van der Waals surface area contributed by atoms with Crippen molar-refractivity contribution < 1.29 is 13.2 Å². The van der Waals surface area contributed by atoms with Crippen LogP contribution in [-0.2, 0) is 26.0 Å². The van der Waals surface area contributed by atoms with E-state index in [9.17, 15) is 18.5 Å². The van der Waals surface area contributed by atoms with E-state index in [-0.39, 0.29) is 17.1 Å². The predicted octanol–water partition coefficient (Wildman–Crippen LogP) is 6.23. The molecule has 37 heavy (non-hydrogen) atoms. The molecule has 0 fully saturated rings. The average Bonchev–Trinajstić information content (AvgIpc) is 3.22. The number of nitriles is 1. The van der Waals surface area contributed by atoms with Crippen LogP contribution in [0.3, 0.4) is 0 Å². The van der Waals surface area contributed by atoms with Crippen LogP contribution in [0.15, 0.2) is 84.6 Å². The standard InChI is InChI=1S/C30H29N3O3S/c1-21(29(34)32-26-13-11-25(12-14-26)30(2,3)4)16-24-19-33(28-15-10-23(18-31)17-27(24)28)37(35,36)20-22-8-6-5-7-9-22/h5-17,19H,20H2,1-4H3,(H,32,34)/b21-16+. The Bertz CT molecular complexity index is 1630. The number of hydrogen-bond donors (Lipinski definition) is 1. The Labute approximate surface area is 217 Å². The van der Waals surface area contributed by atoms with Gasteiger partial charge < -0.3 is 5.32 Å². The molecule has 6 nitrogen and oxygen atoms in total. The molecule has 3 aromatic carbocycles. The number of aromatic nitrogens is 1. The summed E-state index contributed by atoms with van der Waals surface area (Å²) in [6, 6.07) is 23.6. The molecular formula is C30H29N3O3S. The molecule has 188 valence electrons.